The summed E-state index contributed by atoms with van der Waals surface area (Å²) in [5, 5.41) is 10.7. The lowest BCUT2D eigenvalue weighted by Gasteiger charge is -2.21. The first-order valence-corrected chi connectivity index (χ1v) is 44.1. The molecule has 0 fully saturated rings. The van der Waals surface area contributed by atoms with Gasteiger partial charge in [-0.1, -0.05) is 285 Å². The van der Waals surface area contributed by atoms with Gasteiger partial charge in [0.05, 0.1) is 26.4 Å². The van der Waals surface area contributed by atoms with Crippen molar-refractivity contribution in [1.29, 1.82) is 0 Å². The van der Waals surface area contributed by atoms with E-state index in [2.05, 4.69) is 137 Å². The van der Waals surface area contributed by atoms with Gasteiger partial charge in [-0.25, -0.2) is 9.13 Å². The van der Waals surface area contributed by atoms with Crippen LogP contribution in [0.25, 0.3) is 0 Å². The first kappa shape index (κ1) is 99.7. The number of carbonyl (C=O) groups is 4. The third-order valence-corrected chi connectivity index (χ3v) is 19.1. The number of allylic oxidation sites excluding steroid dienone is 18. The molecular weight excluding hydrogens is 1350 g/mol. The number of hydrogen-bond donors (Lipinski definition) is 3. The lowest BCUT2D eigenvalue weighted by molar-refractivity contribution is -0.161. The zero-order valence-electron chi connectivity index (χ0n) is 65.7. The SMILES string of the molecule is CC/C=C\C/C=C\C/C=C\C/C=C\CCCCCCC(=O)OCC(COP(=O)(O)OCC(O)COP(=O)(O)OCC(COC(=O)CCCCCCCCC/C=C\C/C=C\C/C=C\CC)OC(=O)CCCCCCC/C=C\CCCCCCCC)OC(=O)CCCCCCC/C=C\CCCCCCCC. The molecule has 0 rings (SSSR count). The van der Waals surface area contributed by atoms with Crippen molar-refractivity contribution < 1.29 is 80.2 Å². The molecule has 0 aromatic heterocycles. The first-order valence-electron chi connectivity index (χ1n) is 41.1. The molecule has 0 aliphatic carbocycles. The molecule has 5 unspecified atom stereocenters. The number of hydrogen-bond acceptors (Lipinski definition) is 15. The van der Waals surface area contributed by atoms with Gasteiger partial charge in [0, 0.05) is 25.7 Å². The van der Waals surface area contributed by atoms with Gasteiger partial charge in [0.15, 0.2) is 12.2 Å². The zero-order valence-corrected chi connectivity index (χ0v) is 67.5. The molecule has 0 radical (unpaired) electrons. The van der Waals surface area contributed by atoms with Crippen LogP contribution in [0.4, 0.5) is 0 Å². The summed E-state index contributed by atoms with van der Waals surface area (Å²) < 4.78 is 68.7. The molecule has 0 spiro atoms. The van der Waals surface area contributed by atoms with Gasteiger partial charge in [-0.15, -0.1) is 0 Å². The van der Waals surface area contributed by atoms with E-state index in [9.17, 15) is 43.2 Å². The Hall–Kier alpha value is -4.28. The number of rotatable bonds is 77. The Kier molecular flexibility index (Phi) is 73.7. The molecule has 19 heteroatoms. The van der Waals surface area contributed by atoms with Crippen LogP contribution in [0.5, 0.6) is 0 Å². The number of unbranched alkanes of at least 4 members (excludes halogenated alkanes) is 33. The molecule has 0 aliphatic heterocycles. The average molecular weight is 1500 g/mol. The number of aliphatic hydroxyl groups is 1. The van der Waals surface area contributed by atoms with Crippen molar-refractivity contribution in [3.8, 4) is 0 Å². The number of ether oxygens (including phenoxy) is 4. The summed E-state index contributed by atoms with van der Waals surface area (Å²) in [5.41, 5.74) is 0. The largest absolute Gasteiger partial charge is 0.472 e. The van der Waals surface area contributed by atoms with Gasteiger partial charge in [0.2, 0.25) is 0 Å². The summed E-state index contributed by atoms with van der Waals surface area (Å²) in [6, 6.07) is 0. The highest BCUT2D eigenvalue weighted by atomic mass is 31.2. The number of aliphatic hydroxyl groups excluding tert-OH is 1. The second-order valence-electron chi connectivity index (χ2n) is 27.3. The summed E-state index contributed by atoms with van der Waals surface area (Å²) in [6.07, 6.45) is 83.4. The van der Waals surface area contributed by atoms with Crippen molar-refractivity contribution >= 4 is 39.5 Å². The normalized spacial score (nSPS) is 14.4. The smallest absolute Gasteiger partial charge is 0.462 e. The average Bonchev–Trinajstić information content (AvgIpc) is 0.937. The van der Waals surface area contributed by atoms with E-state index in [1.165, 1.54) is 77.0 Å². The Labute approximate surface area is 632 Å². The van der Waals surface area contributed by atoms with E-state index < -0.39 is 97.5 Å². The second kappa shape index (κ2) is 76.9. The van der Waals surface area contributed by atoms with Gasteiger partial charge in [-0.05, 0) is 148 Å². The summed E-state index contributed by atoms with van der Waals surface area (Å²) in [5.74, 6) is -2.21. The van der Waals surface area contributed by atoms with E-state index in [-0.39, 0.29) is 25.7 Å². The summed E-state index contributed by atoms with van der Waals surface area (Å²) in [4.78, 5) is 73.1. The Morgan fingerprint density at radius 2 is 0.500 bits per heavy atom. The van der Waals surface area contributed by atoms with Crippen LogP contribution in [-0.4, -0.2) is 96.7 Å². The van der Waals surface area contributed by atoms with Crippen LogP contribution < -0.4 is 0 Å². The van der Waals surface area contributed by atoms with Gasteiger partial charge in [-0.2, -0.15) is 0 Å². The fraction of sp³-hybridized carbons (Fsp3) is 0.741. The van der Waals surface area contributed by atoms with Crippen LogP contribution in [-0.2, 0) is 65.4 Å². The molecule has 0 saturated carbocycles. The highest BCUT2D eigenvalue weighted by Gasteiger charge is 2.30. The summed E-state index contributed by atoms with van der Waals surface area (Å²) in [6.45, 7) is 4.63. The van der Waals surface area contributed by atoms with Gasteiger partial charge in [0.1, 0.15) is 19.3 Å². The van der Waals surface area contributed by atoms with Crippen LogP contribution in [0.1, 0.15) is 349 Å². The Morgan fingerprint density at radius 1 is 0.279 bits per heavy atom. The van der Waals surface area contributed by atoms with Crippen molar-refractivity contribution in [3.05, 3.63) is 109 Å². The maximum atomic E-state index is 13.1. The molecule has 0 aromatic rings. The molecule has 104 heavy (non-hydrogen) atoms. The van der Waals surface area contributed by atoms with Crippen molar-refractivity contribution in [1.82, 2.24) is 0 Å². The standard InChI is InChI=1S/C85H148O17P2/c1-5-9-13-17-21-25-29-33-37-39-43-45-49-53-57-61-65-69-82(87)95-75-80(101-84(89)71-67-63-59-55-51-47-41-35-31-27-23-19-15-11-7-3)77-99-103(91,92)97-73-79(86)74-98-104(93,94)100-78-81(102-85(90)72-68-64-60-56-52-48-42-36-32-28-24-20-16-12-8-4)76-96-83(88)70-66-62-58-54-50-46-44-40-38-34-30-26-22-18-14-10-6-2/h9-10,13-14,21-22,25-26,33-38,41-43,45,79-81,86H,5-8,11-12,15-20,23-24,27-32,39-40,44,46-78H2,1-4H3,(H,91,92)(H,93,94)/b13-9-,14-10-,25-21-,26-22-,37-33-,38-34-,41-35-,42-36-,45-43-. The van der Waals surface area contributed by atoms with E-state index >= 15 is 0 Å². The minimum absolute atomic E-state index is 0.0789. The van der Waals surface area contributed by atoms with Crippen molar-refractivity contribution in [2.75, 3.05) is 39.6 Å². The maximum Gasteiger partial charge on any atom is 0.472 e. The highest BCUT2D eigenvalue weighted by molar-refractivity contribution is 7.47. The topological polar surface area (TPSA) is 237 Å². The minimum atomic E-state index is -4.99. The monoisotopic (exact) mass is 1500 g/mol. The van der Waals surface area contributed by atoms with Gasteiger partial charge in [0.25, 0.3) is 0 Å². The molecular formula is C85H148O17P2. The number of esters is 4. The lowest BCUT2D eigenvalue weighted by atomic mass is 10.1. The fourth-order valence-corrected chi connectivity index (χ4v) is 12.6. The van der Waals surface area contributed by atoms with E-state index in [1.807, 2.05) is 0 Å². The summed E-state index contributed by atoms with van der Waals surface area (Å²) in [7, 11) is -9.97. The van der Waals surface area contributed by atoms with Crippen molar-refractivity contribution in [2.45, 2.75) is 367 Å². The first-order chi connectivity index (χ1) is 50.7. The minimum Gasteiger partial charge on any atom is -0.462 e. The Bertz CT molecular complexity index is 2390. The molecule has 5 atom stereocenters. The van der Waals surface area contributed by atoms with Crippen LogP contribution in [0, 0.1) is 0 Å². The van der Waals surface area contributed by atoms with Crippen LogP contribution in [0.3, 0.4) is 0 Å². The molecule has 0 aromatic carbocycles. The zero-order chi connectivity index (χ0) is 76.0. The Morgan fingerprint density at radius 3 is 0.779 bits per heavy atom. The van der Waals surface area contributed by atoms with E-state index in [0.29, 0.717) is 25.7 Å². The van der Waals surface area contributed by atoms with E-state index in [1.54, 1.807) is 0 Å². The number of carbonyl (C=O) groups excluding carboxylic acids is 4. The third-order valence-electron chi connectivity index (χ3n) is 17.2. The molecule has 0 aliphatic rings. The lowest BCUT2D eigenvalue weighted by Crippen LogP contribution is -2.30. The van der Waals surface area contributed by atoms with E-state index in [0.717, 1.165) is 193 Å². The number of phosphoric ester groups is 2. The van der Waals surface area contributed by atoms with Crippen LogP contribution in [0.15, 0.2) is 109 Å². The van der Waals surface area contributed by atoms with Crippen LogP contribution >= 0.6 is 15.6 Å². The van der Waals surface area contributed by atoms with Gasteiger partial charge in [-0.3, -0.25) is 37.3 Å². The fourth-order valence-electron chi connectivity index (χ4n) is 11.0. The molecule has 0 saturated heterocycles. The van der Waals surface area contributed by atoms with Gasteiger partial charge >= 0.3 is 39.5 Å². The van der Waals surface area contributed by atoms with Crippen LogP contribution in [0.2, 0.25) is 0 Å². The van der Waals surface area contributed by atoms with E-state index in [4.69, 9.17) is 37.0 Å². The van der Waals surface area contributed by atoms with Crippen molar-refractivity contribution in [3.63, 3.8) is 0 Å². The third kappa shape index (κ3) is 75.9. The Balaban J connectivity index is 5.39. The van der Waals surface area contributed by atoms with Crippen molar-refractivity contribution in [2.24, 2.45) is 0 Å². The summed E-state index contributed by atoms with van der Waals surface area (Å²) >= 11 is 0. The predicted octanol–water partition coefficient (Wildman–Crippen LogP) is 24.1. The maximum absolute atomic E-state index is 13.1. The molecule has 0 heterocycles. The second-order valence-corrected chi connectivity index (χ2v) is 30.2. The highest BCUT2D eigenvalue weighted by Crippen LogP contribution is 2.45. The molecule has 17 nitrogen and oxygen atoms in total. The predicted molar refractivity (Wildman–Crippen MR) is 427 cm³/mol. The molecule has 0 amide bonds. The molecule has 0 bridgehead atoms. The molecule has 3 N–H and O–H groups in total. The quantitative estimate of drug-likeness (QED) is 0.0169. The van der Waals surface area contributed by atoms with Gasteiger partial charge < -0.3 is 33.8 Å². The molecule has 600 valence electrons. The number of phosphoric acid groups is 2.